The van der Waals surface area contributed by atoms with Crippen LogP contribution >= 0.6 is 0 Å². The summed E-state index contributed by atoms with van der Waals surface area (Å²) in [4.78, 5) is 10.1. The SMILES string of the molecule is CC1=CCS(=O)(=O)C1CC=O. The summed E-state index contributed by atoms with van der Waals surface area (Å²) in [5.41, 5.74) is 0.803. The minimum absolute atomic E-state index is 0.0946. The molecule has 1 unspecified atom stereocenters. The second-order valence-electron chi connectivity index (χ2n) is 2.67. The van der Waals surface area contributed by atoms with Gasteiger partial charge in [-0.25, -0.2) is 8.42 Å². The highest BCUT2D eigenvalue weighted by Gasteiger charge is 2.30. The van der Waals surface area contributed by atoms with Crippen molar-refractivity contribution in [1.29, 1.82) is 0 Å². The van der Waals surface area contributed by atoms with Crippen LogP contribution in [0.1, 0.15) is 13.3 Å². The second kappa shape index (κ2) is 2.77. The summed E-state index contributed by atoms with van der Waals surface area (Å²) in [5, 5.41) is -0.542. The largest absolute Gasteiger partial charge is 0.303 e. The van der Waals surface area contributed by atoms with Crippen LogP contribution in [0.3, 0.4) is 0 Å². The van der Waals surface area contributed by atoms with Gasteiger partial charge in [-0.15, -0.1) is 0 Å². The van der Waals surface area contributed by atoms with Gasteiger partial charge in [-0.3, -0.25) is 0 Å². The van der Waals surface area contributed by atoms with Crippen LogP contribution in [0.15, 0.2) is 11.6 Å². The normalized spacial score (nSPS) is 28.1. The number of hydrogen-bond donors (Lipinski definition) is 0. The van der Waals surface area contributed by atoms with Gasteiger partial charge in [0.25, 0.3) is 0 Å². The van der Waals surface area contributed by atoms with Gasteiger partial charge in [0.15, 0.2) is 9.84 Å². The fourth-order valence-corrected chi connectivity index (χ4v) is 2.96. The van der Waals surface area contributed by atoms with Gasteiger partial charge in [0.2, 0.25) is 0 Å². The molecule has 0 aromatic heterocycles. The molecular formula is C7H10O3S. The minimum Gasteiger partial charge on any atom is -0.303 e. The summed E-state index contributed by atoms with van der Waals surface area (Å²) < 4.78 is 22.3. The molecule has 0 aromatic rings. The molecule has 4 heteroatoms. The fourth-order valence-electron chi connectivity index (χ4n) is 1.20. The van der Waals surface area contributed by atoms with E-state index in [4.69, 9.17) is 0 Å². The highest BCUT2D eigenvalue weighted by Crippen LogP contribution is 2.22. The number of hydrogen-bond acceptors (Lipinski definition) is 3. The average molecular weight is 174 g/mol. The second-order valence-corrected chi connectivity index (χ2v) is 4.90. The molecule has 62 valence electrons. The van der Waals surface area contributed by atoms with Crippen molar-refractivity contribution >= 4 is 16.1 Å². The van der Waals surface area contributed by atoms with Crippen molar-refractivity contribution in [2.24, 2.45) is 0 Å². The van der Waals surface area contributed by atoms with Crippen LogP contribution in [-0.4, -0.2) is 25.7 Å². The number of carbonyl (C=O) groups is 1. The Hall–Kier alpha value is -0.640. The van der Waals surface area contributed by atoms with Gasteiger partial charge in [0.1, 0.15) is 6.29 Å². The van der Waals surface area contributed by atoms with Crippen LogP contribution < -0.4 is 0 Å². The Kier molecular flexibility index (Phi) is 2.13. The predicted octanol–water partition coefficient (Wildman–Crippen LogP) is 0.319. The van der Waals surface area contributed by atoms with Crippen molar-refractivity contribution in [3.8, 4) is 0 Å². The van der Waals surface area contributed by atoms with Crippen molar-refractivity contribution in [3.05, 3.63) is 11.6 Å². The van der Waals surface area contributed by atoms with Crippen molar-refractivity contribution in [2.45, 2.75) is 18.6 Å². The Morgan fingerprint density at radius 2 is 2.36 bits per heavy atom. The molecule has 1 aliphatic heterocycles. The molecule has 0 aliphatic carbocycles. The Balaban J connectivity index is 2.90. The van der Waals surface area contributed by atoms with E-state index in [0.29, 0.717) is 6.29 Å². The molecular weight excluding hydrogens is 164 g/mol. The Morgan fingerprint density at radius 3 is 2.73 bits per heavy atom. The fraction of sp³-hybridized carbons (Fsp3) is 0.571. The summed E-state index contributed by atoms with van der Waals surface area (Å²) in [6, 6.07) is 0. The maximum absolute atomic E-state index is 11.2. The number of carbonyl (C=O) groups excluding carboxylic acids is 1. The molecule has 0 amide bonds. The van der Waals surface area contributed by atoms with E-state index < -0.39 is 15.1 Å². The van der Waals surface area contributed by atoms with Crippen molar-refractivity contribution < 1.29 is 13.2 Å². The number of rotatable bonds is 2. The molecule has 0 bridgehead atoms. The smallest absolute Gasteiger partial charge is 0.160 e. The maximum atomic E-state index is 11.2. The van der Waals surface area contributed by atoms with E-state index in [1.807, 2.05) is 0 Å². The van der Waals surface area contributed by atoms with Crippen LogP contribution in [0.25, 0.3) is 0 Å². The maximum Gasteiger partial charge on any atom is 0.160 e. The summed E-state index contributed by atoms with van der Waals surface area (Å²) in [6.45, 7) is 1.75. The molecule has 0 N–H and O–H groups in total. The van der Waals surface area contributed by atoms with Crippen LogP contribution in [0.2, 0.25) is 0 Å². The third-order valence-corrected chi connectivity index (χ3v) is 3.95. The van der Waals surface area contributed by atoms with E-state index in [2.05, 4.69) is 0 Å². The average Bonchev–Trinajstić information content (AvgIpc) is 2.16. The molecule has 1 rings (SSSR count). The van der Waals surface area contributed by atoms with Crippen LogP contribution in [0.5, 0.6) is 0 Å². The van der Waals surface area contributed by atoms with Gasteiger partial charge in [0, 0.05) is 6.42 Å². The summed E-state index contributed by atoms with van der Waals surface area (Å²) in [6.07, 6.45) is 2.43. The van der Waals surface area contributed by atoms with E-state index in [9.17, 15) is 13.2 Å². The first-order valence-corrected chi connectivity index (χ1v) is 5.11. The Labute approximate surface area is 66.0 Å². The molecule has 0 saturated heterocycles. The zero-order valence-electron chi connectivity index (χ0n) is 6.28. The quantitative estimate of drug-likeness (QED) is 0.447. The predicted molar refractivity (Wildman–Crippen MR) is 42.0 cm³/mol. The van der Waals surface area contributed by atoms with E-state index in [1.165, 1.54) is 0 Å². The highest BCUT2D eigenvalue weighted by molar-refractivity contribution is 7.92. The molecule has 1 heterocycles. The van der Waals surface area contributed by atoms with Crippen molar-refractivity contribution in [2.75, 3.05) is 5.75 Å². The van der Waals surface area contributed by atoms with E-state index >= 15 is 0 Å². The highest BCUT2D eigenvalue weighted by atomic mass is 32.2. The van der Waals surface area contributed by atoms with Gasteiger partial charge in [-0.1, -0.05) is 11.6 Å². The van der Waals surface area contributed by atoms with Gasteiger partial charge >= 0.3 is 0 Å². The lowest BCUT2D eigenvalue weighted by atomic mass is 10.2. The lowest BCUT2D eigenvalue weighted by Crippen LogP contribution is -2.19. The van der Waals surface area contributed by atoms with Gasteiger partial charge in [-0.2, -0.15) is 0 Å². The third-order valence-electron chi connectivity index (χ3n) is 1.89. The topological polar surface area (TPSA) is 51.2 Å². The lowest BCUT2D eigenvalue weighted by molar-refractivity contribution is -0.107. The van der Waals surface area contributed by atoms with E-state index in [1.54, 1.807) is 13.0 Å². The van der Waals surface area contributed by atoms with E-state index in [0.717, 1.165) is 5.57 Å². The van der Waals surface area contributed by atoms with Gasteiger partial charge in [-0.05, 0) is 6.92 Å². The van der Waals surface area contributed by atoms with Gasteiger partial charge in [0.05, 0.1) is 11.0 Å². The first-order chi connectivity index (χ1) is 5.08. The Morgan fingerprint density at radius 1 is 1.73 bits per heavy atom. The first kappa shape index (κ1) is 8.46. The molecule has 0 spiro atoms. The lowest BCUT2D eigenvalue weighted by Gasteiger charge is -2.06. The molecule has 1 aliphatic rings. The Bertz CT molecular complexity index is 287. The zero-order chi connectivity index (χ0) is 8.48. The monoisotopic (exact) mass is 174 g/mol. The van der Waals surface area contributed by atoms with Crippen molar-refractivity contribution in [1.82, 2.24) is 0 Å². The molecule has 0 saturated carbocycles. The first-order valence-electron chi connectivity index (χ1n) is 3.40. The number of aldehydes is 1. The minimum atomic E-state index is -3.02. The van der Waals surface area contributed by atoms with E-state index in [-0.39, 0.29) is 12.2 Å². The molecule has 3 nitrogen and oxygen atoms in total. The molecule has 1 atom stereocenters. The molecule has 0 aromatic carbocycles. The summed E-state index contributed by atoms with van der Waals surface area (Å²) in [5.74, 6) is 0.0946. The van der Waals surface area contributed by atoms with Gasteiger partial charge < -0.3 is 4.79 Å². The van der Waals surface area contributed by atoms with Crippen LogP contribution in [-0.2, 0) is 14.6 Å². The van der Waals surface area contributed by atoms with Crippen LogP contribution in [0, 0.1) is 0 Å². The molecule has 0 fully saturated rings. The summed E-state index contributed by atoms with van der Waals surface area (Å²) >= 11 is 0. The standard InChI is InChI=1S/C7H10O3S/c1-6-3-5-11(9,10)7(6)2-4-8/h3-4,7H,2,5H2,1H3. The third kappa shape index (κ3) is 1.50. The molecule has 11 heavy (non-hydrogen) atoms. The van der Waals surface area contributed by atoms with Crippen molar-refractivity contribution in [3.63, 3.8) is 0 Å². The van der Waals surface area contributed by atoms with Crippen LogP contribution in [0.4, 0.5) is 0 Å². The number of sulfone groups is 1. The summed E-state index contributed by atoms with van der Waals surface area (Å²) in [7, 11) is -3.02. The molecule has 0 radical (unpaired) electrons. The zero-order valence-corrected chi connectivity index (χ0v) is 7.10.